The second kappa shape index (κ2) is 7.56. The summed E-state index contributed by atoms with van der Waals surface area (Å²) in [6.07, 6.45) is 0. The van der Waals surface area contributed by atoms with Gasteiger partial charge in [-0.25, -0.2) is 4.79 Å². The first-order chi connectivity index (χ1) is 9.38. The van der Waals surface area contributed by atoms with E-state index in [9.17, 15) is 14.4 Å². The first-order valence-electron chi connectivity index (χ1n) is 5.37. The predicted molar refractivity (Wildman–Crippen MR) is 74.1 cm³/mol. The van der Waals surface area contributed by atoms with E-state index in [4.69, 9.17) is 28.3 Å². The van der Waals surface area contributed by atoms with E-state index in [1.54, 1.807) is 6.07 Å². The number of hydrogen-bond donors (Lipinski definition) is 4. The van der Waals surface area contributed by atoms with Crippen molar-refractivity contribution in [3.8, 4) is 0 Å². The maximum atomic E-state index is 11.5. The molecule has 0 saturated carbocycles. The monoisotopic (exact) mass is 319 g/mol. The third-order valence-electron chi connectivity index (χ3n) is 2.02. The van der Waals surface area contributed by atoms with E-state index < -0.39 is 24.5 Å². The minimum atomic E-state index is -1.17. The van der Waals surface area contributed by atoms with E-state index in [1.165, 1.54) is 12.1 Å². The summed E-state index contributed by atoms with van der Waals surface area (Å²) < 4.78 is 0. The highest BCUT2D eigenvalue weighted by Gasteiger charge is 2.08. The first-order valence-corrected chi connectivity index (χ1v) is 6.12. The number of carbonyl (C=O) groups excluding carboxylic acids is 2. The Morgan fingerprint density at radius 1 is 1.10 bits per heavy atom. The molecule has 0 atom stereocenters. The van der Waals surface area contributed by atoms with Gasteiger partial charge in [-0.2, -0.15) is 0 Å². The standard InChI is InChI=1S/C11H11Cl2N3O4/c12-6-1-2-7(13)8(3-6)16-11(20)15-4-9(17)14-5-10(18)19/h1-3H,4-5H2,(H,14,17)(H,18,19)(H2,15,16,20). The van der Waals surface area contributed by atoms with Gasteiger partial charge in [0.25, 0.3) is 0 Å². The van der Waals surface area contributed by atoms with Gasteiger partial charge in [-0.15, -0.1) is 0 Å². The fourth-order valence-electron chi connectivity index (χ4n) is 1.16. The van der Waals surface area contributed by atoms with Crippen LogP contribution < -0.4 is 16.0 Å². The van der Waals surface area contributed by atoms with Crippen LogP contribution in [-0.2, 0) is 9.59 Å². The van der Waals surface area contributed by atoms with Crippen LogP contribution >= 0.6 is 23.2 Å². The van der Waals surface area contributed by atoms with E-state index in [-0.39, 0.29) is 6.54 Å². The van der Waals surface area contributed by atoms with Crippen LogP contribution in [0.25, 0.3) is 0 Å². The Hall–Kier alpha value is -1.99. The number of urea groups is 1. The quantitative estimate of drug-likeness (QED) is 0.656. The van der Waals surface area contributed by atoms with E-state index >= 15 is 0 Å². The number of carbonyl (C=O) groups is 3. The van der Waals surface area contributed by atoms with Gasteiger partial charge in [0.2, 0.25) is 5.91 Å². The van der Waals surface area contributed by atoms with E-state index in [2.05, 4.69) is 16.0 Å². The number of halogens is 2. The molecule has 1 rings (SSSR count). The molecular weight excluding hydrogens is 309 g/mol. The number of hydrogen-bond acceptors (Lipinski definition) is 3. The molecule has 0 aliphatic rings. The number of amides is 3. The van der Waals surface area contributed by atoms with Crippen LogP contribution in [-0.4, -0.2) is 36.1 Å². The summed E-state index contributed by atoms with van der Waals surface area (Å²) in [6.45, 7) is -0.875. The highest BCUT2D eigenvalue weighted by Crippen LogP contribution is 2.25. The lowest BCUT2D eigenvalue weighted by molar-refractivity contribution is -0.137. The van der Waals surface area contributed by atoms with E-state index in [1.807, 2.05) is 0 Å². The molecule has 0 saturated heterocycles. The number of carboxylic acid groups (broad SMARTS) is 1. The third-order valence-corrected chi connectivity index (χ3v) is 2.59. The van der Waals surface area contributed by atoms with Gasteiger partial charge in [-0.3, -0.25) is 9.59 Å². The average molecular weight is 320 g/mol. The van der Waals surface area contributed by atoms with Crippen molar-refractivity contribution in [3.63, 3.8) is 0 Å². The van der Waals surface area contributed by atoms with Gasteiger partial charge in [0, 0.05) is 5.02 Å². The Labute approximate surface area is 124 Å². The summed E-state index contributed by atoms with van der Waals surface area (Å²) in [4.78, 5) is 32.9. The van der Waals surface area contributed by atoms with E-state index in [0.717, 1.165) is 0 Å². The highest BCUT2D eigenvalue weighted by atomic mass is 35.5. The van der Waals surface area contributed by atoms with Gasteiger partial charge in [-0.1, -0.05) is 23.2 Å². The Morgan fingerprint density at radius 2 is 1.80 bits per heavy atom. The number of benzene rings is 1. The van der Waals surface area contributed by atoms with E-state index in [0.29, 0.717) is 15.7 Å². The van der Waals surface area contributed by atoms with Crippen molar-refractivity contribution >= 4 is 46.8 Å². The number of rotatable bonds is 5. The van der Waals surface area contributed by atoms with Gasteiger partial charge >= 0.3 is 12.0 Å². The summed E-state index contributed by atoms with van der Waals surface area (Å²) in [5, 5.41) is 15.8. The molecule has 0 aliphatic heterocycles. The number of aliphatic carboxylic acids is 1. The molecule has 108 valence electrons. The molecule has 4 N–H and O–H groups in total. The third kappa shape index (κ3) is 5.77. The largest absolute Gasteiger partial charge is 0.480 e. The molecule has 1 aromatic rings. The predicted octanol–water partition coefficient (Wildman–Crippen LogP) is 1.32. The molecule has 0 bridgehead atoms. The molecule has 20 heavy (non-hydrogen) atoms. The zero-order valence-corrected chi connectivity index (χ0v) is 11.6. The summed E-state index contributed by atoms with van der Waals surface area (Å²) in [7, 11) is 0. The van der Waals surface area contributed by atoms with Crippen LogP contribution in [0.4, 0.5) is 10.5 Å². The smallest absolute Gasteiger partial charge is 0.322 e. The first kappa shape index (κ1) is 16.1. The average Bonchev–Trinajstić information content (AvgIpc) is 2.38. The van der Waals surface area contributed by atoms with Crippen LogP contribution in [0.3, 0.4) is 0 Å². The van der Waals surface area contributed by atoms with Gasteiger partial charge in [0.1, 0.15) is 6.54 Å². The van der Waals surface area contributed by atoms with Crippen LogP contribution in [0.15, 0.2) is 18.2 Å². The highest BCUT2D eigenvalue weighted by molar-refractivity contribution is 6.35. The summed E-state index contributed by atoms with van der Waals surface area (Å²) in [5.41, 5.74) is 0.294. The lowest BCUT2D eigenvalue weighted by Crippen LogP contribution is -2.40. The lowest BCUT2D eigenvalue weighted by Gasteiger charge is -2.09. The molecule has 0 unspecified atom stereocenters. The molecule has 0 heterocycles. The molecule has 0 spiro atoms. The maximum Gasteiger partial charge on any atom is 0.322 e. The number of anilines is 1. The Kier molecular flexibility index (Phi) is 6.08. The maximum absolute atomic E-state index is 11.5. The fourth-order valence-corrected chi connectivity index (χ4v) is 1.49. The molecule has 0 aliphatic carbocycles. The van der Waals surface area contributed by atoms with Crippen molar-refractivity contribution in [2.45, 2.75) is 0 Å². The van der Waals surface area contributed by atoms with Crippen molar-refractivity contribution < 1.29 is 19.5 Å². The van der Waals surface area contributed by atoms with Gasteiger partial charge in [0.15, 0.2) is 0 Å². The zero-order valence-electron chi connectivity index (χ0n) is 10.1. The van der Waals surface area contributed by atoms with Gasteiger partial charge < -0.3 is 21.1 Å². The Bertz CT molecular complexity index is 536. The molecule has 1 aromatic carbocycles. The lowest BCUT2D eigenvalue weighted by atomic mass is 10.3. The summed E-state index contributed by atoms with van der Waals surface area (Å²) in [6, 6.07) is 3.86. The molecular formula is C11H11Cl2N3O4. The molecule has 3 amide bonds. The molecule has 9 heteroatoms. The fraction of sp³-hybridized carbons (Fsp3) is 0.182. The topological polar surface area (TPSA) is 108 Å². The number of nitrogens with one attached hydrogen (secondary N) is 3. The van der Waals surface area contributed by atoms with Crippen molar-refractivity contribution in [1.29, 1.82) is 0 Å². The van der Waals surface area contributed by atoms with Crippen LogP contribution in [0.1, 0.15) is 0 Å². The minimum absolute atomic E-state index is 0.292. The second-order valence-corrected chi connectivity index (χ2v) is 4.45. The van der Waals surface area contributed by atoms with Crippen LogP contribution in [0.2, 0.25) is 10.0 Å². The van der Waals surface area contributed by atoms with Crippen molar-refractivity contribution in [1.82, 2.24) is 10.6 Å². The molecule has 0 fully saturated rings. The van der Waals surface area contributed by atoms with Crippen LogP contribution in [0, 0.1) is 0 Å². The van der Waals surface area contributed by atoms with Crippen molar-refractivity contribution in [2.24, 2.45) is 0 Å². The molecule has 0 radical (unpaired) electrons. The summed E-state index contributed by atoms with van der Waals surface area (Å²) in [5.74, 6) is -1.80. The molecule has 0 aromatic heterocycles. The molecule has 7 nitrogen and oxygen atoms in total. The SMILES string of the molecule is O=C(O)CNC(=O)CNC(=O)Nc1cc(Cl)ccc1Cl. The van der Waals surface area contributed by atoms with Gasteiger partial charge in [0.05, 0.1) is 17.3 Å². The minimum Gasteiger partial charge on any atom is -0.480 e. The van der Waals surface area contributed by atoms with Crippen LogP contribution in [0.5, 0.6) is 0 Å². The second-order valence-electron chi connectivity index (χ2n) is 3.60. The normalized spacial score (nSPS) is 9.70. The Morgan fingerprint density at radius 3 is 2.45 bits per heavy atom. The zero-order chi connectivity index (χ0) is 15.1. The van der Waals surface area contributed by atoms with Crippen molar-refractivity contribution in [2.75, 3.05) is 18.4 Å². The van der Waals surface area contributed by atoms with Crippen molar-refractivity contribution in [3.05, 3.63) is 28.2 Å². The van der Waals surface area contributed by atoms with Gasteiger partial charge in [-0.05, 0) is 18.2 Å². The summed E-state index contributed by atoms with van der Waals surface area (Å²) >= 11 is 11.6. The number of carboxylic acids is 1. The Balaban J connectivity index is 2.42.